The molecule has 0 N–H and O–H groups in total. The van der Waals surface area contributed by atoms with Gasteiger partial charge in [-0.2, -0.15) is 13.2 Å². The predicted octanol–water partition coefficient (Wildman–Crippen LogP) is 3.77. The molecule has 0 atom stereocenters. The van der Waals surface area contributed by atoms with Gasteiger partial charge in [0.15, 0.2) is 0 Å². The van der Waals surface area contributed by atoms with Crippen molar-refractivity contribution in [2.75, 3.05) is 5.33 Å². The lowest BCUT2D eigenvalue weighted by Crippen LogP contribution is -2.13. The van der Waals surface area contributed by atoms with E-state index in [1.807, 2.05) is 0 Å². The quantitative estimate of drug-likeness (QED) is 0.774. The van der Waals surface area contributed by atoms with Crippen molar-refractivity contribution < 1.29 is 18.0 Å². The first-order valence-electron chi connectivity index (χ1n) is 5.15. The number of halogens is 4. The molecule has 1 nitrogen and oxygen atoms in total. The summed E-state index contributed by atoms with van der Waals surface area (Å²) in [4.78, 5) is 11.2. The number of alkyl halides is 4. The van der Waals surface area contributed by atoms with Crippen LogP contribution >= 0.6 is 15.9 Å². The highest BCUT2D eigenvalue weighted by Gasteiger charge is 2.33. The van der Waals surface area contributed by atoms with E-state index in [4.69, 9.17) is 0 Å². The van der Waals surface area contributed by atoms with Gasteiger partial charge in [0, 0.05) is 6.42 Å². The first-order chi connectivity index (χ1) is 7.88. The molecule has 0 aliphatic rings. The van der Waals surface area contributed by atoms with Gasteiger partial charge in [-0.25, -0.2) is 0 Å². The summed E-state index contributed by atoms with van der Waals surface area (Å²) >= 11 is 2.94. The molecule has 17 heavy (non-hydrogen) atoms. The van der Waals surface area contributed by atoms with Gasteiger partial charge in [-0.15, -0.1) is 0 Å². The maximum atomic E-state index is 12.8. The lowest BCUT2D eigenvalue weighted by Gasteiger charge is -2.13. The largest absolute Gasteiger partial charge is 0.416 e. The van der Waals surface area contributed by atoms with E-state index in [0.717, 1.165) is 6.07 Å². The topological polar surface area (TPSA) is 17.1 Å². The molecule has 5 heteroatoms. The van der Waals surface area contributed by atoms with Gasteiger partial charge in [0.1, 0.15) is 5.78 Å². The summed E-state index contributed by atoms with van der Waals surface area (Å²) in [5.41, 5.74) is -0.0438. The molecule has 0 fully saturated rings. The number of ketones is 1. The van der Waals surface area contributed by atoms with Crippen molar-refractivity contribution >= 4 is 21.7 Å². The van der Waals surface area contributed by atoms with Crippen molar-refractivity contribution in [3.05, 3.63) is 34.9 Å². The summed E-state index contributed by atoms with van der Waals surface area (Å²) in [6.45, 7) is 1.79. The molecule has 0 amide bonds. The highest BCUT2D eigenvalue weighted by Crippen LogP contribution is 2.33. The van der Waals surface area contributed by atoms with Crippen molar-refractivity contribution in [3.63, 3.8) is 0 Å². The van der Waals surface area contributed by atoms with Gasteiger partial charge in [-0.3, -0.25) is 4.79 Å². The molecule has 0 saturated heterocycles. The first-order valence-corrected chi connectivity index (χ1v) is 6.27. The minimum absolute atomic E-state index is 0.0409. The van der Waals surface area contributed by atoms with E-state index in [1.165, 1.54) is 6.07 Å². The number of carbonyl (C=O) groups is 1. The lowest BCUT2D eigenvalue weighted by atomic mass is 9.98. The normalized spacial score (nSPS) is 11.6. The number of benzene rings is 1. The molecule has 1 aromatic carbocycles. The van der Waals surface area contributed by atoms with Crippen molar-refractivity contribution in [2.45, 2.75) is 25.9 Å². The van der Waals surface area contributed by atoms with E-state index in [-0.39, 0.29) is 23.1 Å². The van der Waals surface area contributed by atoms with Crippen LogP contribution in [0.4, 0.5) is 13.2 Å². The Labute approximate surface area is 106 Å². The molecule has 1 rings (SSSR count). The van der Waals surface area contributed by atoms with Gasteiger partial charge in [-0.1, -0.05) is 35.0 Å². The molecule has 0 saturated carbocycles. The average molecular weight is 309 g/mol. The monoisotopic (exact) mass is 308 g/mol. The summed E-state index contributed by atoms with van der Waals surface area (Å²) in [6.07, 6.45) is -4.06. The standard InChI is InChI=1S/C12H12BrF3O/c1-2-8-3-4-9(6-10(17)7-13)11(5-8)12(14,15)16/h3-5H,2,6-7H2,1H3. The second kappa shape index (κ2) is 5.67. The van der Waals surface area contributed by atoms with Crippen LogP contribution in [-0.4, -0.2) is 11.1 Å². The Kier molecular flexibility index (Phi) is 4.74. The van der Waals surface area contributed by atoms with Crippen LogP contribution in [0.5, 0.6) is 0 Å². The predicted molar refractivity (Wildman–Crippen MR) is 63.3 cm³/mol. The van der Waals surface area contributed by atoms with Crippen molar-refractivity contribution in [2.24, 2.45) is 0 Å². The van der Waals surface area contributed by atoms with E-state index in [0.29, 0.717) is 12.0 Å². The molecule has 0 unspecified atom stereocenters. The SMILES string of the molecule is CCc1ccc(CC(=O)CBr)c(C(F)(F)F)c1. The van der Waals surface area contributed by atoms with Crippen LogP contribution in [0.3, 0.4) is 0 Å². The summed E-state index contributed by atoms with van der Waals surface area (Å²) in [6, 6.07) is 4.14. The second-order valence-electron chi connectivity index (χ2n) is 3.69. The third kappa shape index (κ3) is 3.84. The highest BCUT2D eigenvalue weighted by molar-refractivity contribution is 9.09. The van der Waals surface area contributed by atoms with Crippen LogP contribution in [0.25, 0.3) is 0 Å². The highest BCUT2D eigenvalue weighted by atomic mass is 79.9. The third-order valence-corrected chi connectivity index (χ3v) is 3.05. The second-order valence-corrected chi connectivity index (χ2v) is 4.25. The lowest BCUT2D eigenvalue weighted by molar-refractivity contribution is -0.138. The molecule has 0 heterocycles. The number of carbonyl (C=O) groups excluding carboxylic acids is 1. The van der Waals surface area contributed by atoms with Gasteiger partial charge in [0.2, 0.25) is 0 Å². The zero-order chi connectivity index (χ0) is 13.1. The van der Waals surface area contributed by atoms with Crippen LogP contribution in [-0.2, 0) is 23.8 Å². The molecule has 0 spiro atoms. The molecule has 0 radical (unpaired) electrons. The Morgan fingerprint density at radius 1 is 1.35 bits per heavy atom. The number of hydrogen-bond donors (Lipinski definition) is 0. The van der Waals surface area contributed by atoms with Gasteiger partial charge >= 0.3 is 6.18 Å². The van der Waals surface area contributed by atoms with E-state index >= 15 is 0 Å². The van der Waals surface area contributed by atoms with E-state index in [1.54, 1.807) is 13.0 Å². The fourth-order valence-electron chi connectivity index (χ4n) is 1.52. The minimum atomic E-state index is -4.41. The Hall–Kier alpha value is -0.840. The number of hydrogen-bond acceptors (Lipinski definition) is 1. The zero-order valence-corrected chi connectivity index (χ0v) is 10.9. The van der Waals surface area contributed by atoms with Crippen LogP contribution in [0, 0.1) is 0 Å². The zero-order valence-electron chi connectivity index (χ0n) is 9.27. The molecular weight excluding hydrogens is 297 g/mol. The number of aryl methyl sites for hydroxylation is 1. The van der Waals surface area contributed by atoms with Gasteiger partial charge in [0.25, 0.3) is 0 Å². The van der Waals surface area contributed by atoms with Crippen LogP contribution in [0.1, 0.15) is 23.6 Å². The van der Waals surface area contributed by atoms with Gasteiger partial charge in [0.05, 0.1) is 10.9 Å². The van der Waals surface area contributed by atoms with Crippen molar-refractivity contribution in [1.82, 2.24) is 0 Å². The molecule has 0 aromatic heterocycles. The van der Waals surface area contributed by atoms with Crippen LogP contribution in [0.2, 0.25) is 0 Å². The Balaban J connectivity index is 3.16. The average Bonchev–Trinajstić information content (AvgIpc) is 2.28. The summed E-state index contributed by atoms with van der Waals surface area (Å²) < 4.78 is 38.4. The Morgan fingerprint density at radius 2 is 2.00 bits per heavy atom. The van der Waals surface area contributed by atoms with Gasteiger partial charge < -0.3 is 0 Å². The smallest absolute Gasteiger partial charge is 0.298 e. The molecule has 0 aliphatic heterocycles. The maximum Gasteiger partial charge on any atom is 0.416 e. The fraction of sp³-hybridized carbons (Fsp3) is 0.417. The van der Waals surface area contributed by atoms with Crippen molar-refractivity contribution in [1.29, 1.82) is 0 Å². The van der Waals surface area contributed by atoms with E-state index in [2.05, 4.69) is 15.9 Å². The number of rotatable bonds is 4. The van der Waals surface area contributed by atoms with Crippen LogP contribution < -0.4 is 0 Å². The Bertz CT molecular complexity index is 413. The summed E-state index contributed by atoms with van der Waals surface area (Å²) in [7, 11) is 0. The molecule has 1 aromatic rings. The molecule has 94 valence electrons. The molecule has 0 aliphatic carbocycles. The third-order valence-electron chi connectivity index (χ3n) is 2.42. The summed E-state index contributed by atoms with van der Waals surface area (Å²) in [5.74, 6) is -0.264. The number of Topliss-reactive ketones (excluding diaryl/α,β-unsaturated/α-hetero) is 1. The fourth-order valence-corrected chi connectivity index (χ4v) is 1.72. The maximum absolute atomic E-state index is 12.8. The minimum Gasteiger partial charge on any atom is -0.298 e. The van der Waals surface area contributed by atoms with Crippen LogP contribution in [0.15, 0.2) is 18.2 Å². The Morgan fingerprint density at radius 3 is 2.47 bits per heavy atom. The van der Waals surface area contributed by atoms with E-state index in [9.17, 15) is 18.0 Å². The van der Waals surface area contributed by atoms with E-state index < -0.39 is 11.7 Å². The van der Waals surface area contributed by atoms with Gasteiger partial charge in [-0.05, 0) is 23.6 Å². The molecular formula is C12H12BrF3O. The first kappa shape index (κ1) is 14.2. The molecule has 0 bridgehead atoms. The van der Waals surface area contributed by atoms with Crippen molar-refractivity contribution in [3.8, 4) is 0 Å². The summed E-state index contributed by atoms with van der Waals surface area (Å²) in [5, 5.41) is 0.0693.